The van der Waals surface area contributed by atoms with Crippen LogP contribution in [0.2, 0.25) is 0 Å². The fourth-order valence-corrected chi connectivity index (χ4v) is 2.68. The molecule has 0 spiro atoms. The summed E-state index contributed by atoms with van der Waals surface area (Å²) in [4.78, 5) is 26.7. The van der Waals surface area contributed by atoms with Crippen LogP contribution in [-0.2, 0) is 0 Å². The van der Waals surface area contributed by atoms with Crippen LogP contribution >= 0.6 is 0 Å². The van der Waals surface area contributed by atoms with E-state index in [9.17, 15) is 9.59 Å². The number of carbonyl (C=O) groups is 2. The van der Waals surface area contributed by atoms with Gasteiger partial charge in [0.2, 0.25) is 0 Å². The maximum Gasteiger partial charge on any atom is 0.409 e. The molecule has 8 heteroatoms. The van der Waals surface area contributed by atoms with Crippen LogP contribution in [0.1, 0.15) is 15.9 Å². The molecule has 4 N–H and O–H groups in total. The SMILES string of the molecule is COc1cc2nccc(Oc3ccc(NC(=O)O)c(C)c3)c2cc1C(N)=O. The molecule has 0 saturated heterocycles. The summed E-state index contributed by atoms with van der Waals surface area (Å²) in [6.07, 6.45) is 0.439. The number of benzene rings is 2. The minimum absolute atomic E-state index is 0.222. The molecule has 0 unspecified atom stereocenters. The second-order valence-electron chi connectivity index (χ2n) is 5.75. The molecule has 8 nitrogen and oxygen atoms in total. The van der Waals surface area contributed by atoms with E-state index in [4.69, 9.17) is 20.3 Å². The molecule has 0 aliphatic carbocycles. The number of nitrogens with one attached hydrogen (secondary N) is 1. The summed E-state index contributed by atoms with van der Waals surface area (Å²) in [5, 5.41) is 11.7. The first-order chi connectivity index (χ1) is 12.9. The van der Waals surface area contributed by atoms with Gasteiger partial charge in [0, 0.05) is 23.3 Å². The van der Waals surface area contributed by atoms with Gasteiger partial charge in [-0.3, -0.25) is 15.1 Å². The highest BCUT2D eigenvalue weighted by Gasteiger charge is 2.14. The number of methoxy groups -OCH3 is 1. The van der Waals surface area contributed by atoms with Crippen molar-refractivity contribution in [3.8, 4) is 17.2 Å². The zero-order valence-corrected chi connectivity index (χ0v) is 14.6. The quantitative estimate of drug-likeness (QED) is 0.634. The highest BCUT2D eigenvalue weighted by molar-refractivity contribution is 6.01. The summed E-state index contributed by atoms with van der Waals surface area (Å²) in [6.45, 7) is 1.76. The van der Waals surface area contributed by atoms with Crippen LogP contribution in [0.3, 0.4) is 0 Å². The minimum atomic E-state index is -1.14. The summed E-state index contributed by atoms with van der Waals surface area (Å²) in [5.41, 5.74) is 7.40. The molecule has 1 aromatic heterocycles. The lowest BCUT2D eigenvalue weighted by Gasteiger charge is -2.13. The number of rotatable bonds is 5. The third-order valence-corrected chi connectivity index (χ3v) is 3.96. The van der Waals surface area contributed by atoms with Gasteiger partial charge in [-0.05, 0) is 42.8 Å². The van der Waals surface area contributed by atoms with Crippen molar-refractivity contribution < 1.29 is 24.2 Å². The van der Waals surface area contributed by atoms with E-state index in [-0.39, 0.29) is 5.56 Å². The zero-order valence-electron chi connectivity index (χ0n) is 14.6. The number of fused-ring (bicyclic) bond motifs is 1. The van der Waals surface area contributed by atoms with E-state index in [2.05, 4.69) is 10.3 Å². The molecule has 3 rings (SSSR count). The molecular weight excluding hydrogens is 350 g/mol. The topological polar surface area (TPSA) is 124 Å². The lowest BCUT2D eigenvalue weighted by molar-refractivity contribution is 0.0997. The second-order valence-corrected chi connectivity index (χ2v) is 5.75. The Kier molecular flexibility index (Phi) is 4.80. The molecule has 0 atom stereocenters. The van der Waals surface area contributed by atoms with Crippen molar-refractivity contribution in [2.24, 2.45) is 5.73 Å². The number of carbonyl (C=O) groups excluding carboxylic acids is 1. The van der Waals surface area contributed by atoms with Crippen LogP contribution in [0.4, 0.5) is 10.5 Å². The van der Waals surface area contributed by atoms with Crippen molar-refractivity contribution in [2.75, 3.05) is 12.4 Å². The Morgan fingerprint density at radius 1 is 1.15 bits per heavy atom. The molecule has 0 aliphatic heterocycles. The maximum atomic E-state index is 11.7. The molecule has 0 fully saturated rings. The Balaban J connectivity index is 2.02. The third-order valence-electron chi connectivity index (χ3n) is 3.96. The fraction of sp³-hybridized carbons (Fsp3) is 0.105. The molecule has 27 heavy (non-hydrogen) atoms. The van der Waals surface area contributed by atoms with Gasteiger partial charge in [0.15, 0.2) is 0 Å². The first kappa shape index (κ1) is 18.0. The Labute approximate surface area is 154 Å². The Bertz CT molecular complexity index is 1050. The number of nitrogens with two attached hydrogens (primary N) is 1. The first-order valence-corrected chi connectivity index (χ1v) is 7.94. The number of hydrogen-bond acceptors (Lipinski definition) is 5. The van der Waals surface area contributed by atoms with Crippen molar-refractivity contribution in [2.45, 2.75) is 6.92 Å². The van der Waals surface area contributed by atoms with Crippen LogP contribution in [0.15, 0.2) is 42.6 Å². The van der Waals surface area contributed by atoms with Gasteiger partial charge in [-0.25, -0.2) is 4.79 Å². The number of hydrogen-bond donors (Lipinski definition) is 3. The molecule has 2 aromatic carbocycles. The van der Waals surface area contributed by atoms with E-state index < -0.39 is 12.0 Å². The molecular formula is C19H17N3O5. The van der Waals surface area contributed by atoms with Crippen LogP contribution in [-0.4, -0.2) is 29.2 Å². The second kappa shape index (κ2) is 7.20. The van der Waals surface area contributed by atoms with E-state index in [0.29, 0.717) is 39.4 Å². The van der Waals surface area contributed by atoms with E-state index in [1.807, 2.05) is 0 Å². The van der Waals surface area contributed by atoms with Crippen LogP contribution in [0.25, 0.3) is 10.9 Å². The summed E-state index contributed by atoms with van der Waals surface area (Å²) in [6, 6.07) is 9.82. The average Bonchev–Trinajstić information content (AvgIpc) is 2.62. The molecule has 0 saturated carbocycles. The first-order valence-electron chi connectivity index (χ1n) is 7.94. The minimum Gasteiger partial charge on any atom is -0.496 e. The zero-order chi connectivity index (χ0) is 19.6. The van der Waals surface area contributed by atoms with Crippen molar-refractivity contribution >= 4 is 28.6 Å². The van der Waals surface area contributed by atoms with Gasteiger partial charge in [0.05, 0.1) is 18.2 Å². The summed E-state index contributed by atoms with van der Waals surface area (Å²) >= 11 is 0. The van der Waals surface area contributed by atoms with Gasteiger partial charge in [-0.15, -0.1) is 0 Å². The number of nitrogens with zero attached hydrogens (tertiary/aromatic N) is 1. The average molecular weight is 367 g/mol. The van der Waals surface area contributed by atoms with Crippen LogP contribution in [0, 0.1) is 6.92 Å². The predicted molar refractivity (Wildman–Crippen MR) is 99.7 cm³/mol. The van der Waals surface area contributed by atoms with E-state index in [1.54, 1.807) is 49.5 Å². The van der Waals surface area contributed by atoms with Crippen molar-refractivity contribution in [3.63, 3.8) is 0 Å². The molecule has 0 bridgehead atoms. The highest BCUT2D eigenvalue weighted by atomic mass is 16.5. The van der Waals surface area contributed by atoms with Gasteiger partial charge in [0.25, 0.3) is 5.91 Å². The number of carboxylic acid groups (broad SMARTS) is 1. The van der Waals surface area contributed by atoms with Crippen molar-refractivity contribution in [1.29, 1.82) is 0 Å². The number of amides is 2. The van der Waals surface area contributed by atoms with Crippen LogP contribution < -0.4 is 20.5 Å². The third kappa shape index (κ3) is 3.74. The standard InChI is InChI=1S/C19H17N3O5/c1-10-7-11(3-4-14(10)22-19(24)25)27-16-5-6-21-15-9-17(26-2)13(18(20)23)8-12(15)16/h3-9,22H,1-2H3,(H2,20,23)(H,24,25). The number of anilines is 1. The van der Waals surface area contributed by atoms with E-state index in [1.165, 1.54) is 7.11 Å². The lowest BCUT2D eigenvalue weighted by atomic mass is 10.1. The monoisotopic (exact) mass is 367 g/mol. The lowest BCUT2D eigenvalue weighted by Crippen LogP contribution is -2.12. The Morgan fingerprint density at radius 3 is 2.56 bits per heavy atom. The summed E-state index contributed by atoms with van der Waals surface area (Å²) < 4.78 is 11.1. The largest absolute Gasteiger partial charge is 0.496 e. The highest BCUT2D eigenvalue weighted by Crippen LogP contribution is 2.34. The van der Waals surface area contributed by atoms with E-state index in [0.717, 1.165) is 0 Å². The number of pyridine rings is 1. The fourth-order valence-electron chi connectivity index (χ4n) is 2.68. The summed E-state index contributed by atoms with van der Waals surface area (Å²) in [5.74, 6) is 0.693. The smallest absolute Gasteiger partial charge is 0.409 e. The Morgan fingerprint density at radius 2 is 1.93 bits per heavy atom. The van der Waals surface area contributed by atoms with Gasteiger partial charge in [0.1, 0.15) is 17.2 Å². The van der Waals surface area contributed by atoms with Gasteiger partial charge < -0.3 is 20.3 Å². The molecule has 0 aliphatic rings. The van der Waals surface area contributed by atoms with Gasteiger partial charge in [-0.2, -0.15) is 0 Å². The molecule has 138 valence electrons. The predicted octanol–water partition coefficient (Wildman–Crippen LogP) is 3.53. The van der Waals surface area contributed by atoms with Crippen molar-refractivity contribution in [3.05, 3.63) is 53.7 Å². The molecule has 0 radical (unpaired) electrons. The Hall–Kier alpha value is -3.81. The number of aromatic nitrogens is 1. The van der Waals surface area contributed by atoms with E-state index >= 15 is 0 Å². The molecule has 1 heterocycles. The van der Waals surface area contributed by atoms with Crippen LogP contribution in [0.5, 0.6) is 17.2 Å². The number of primary amides is 1. The van der Waals surface area contributed by atoms with Crippen molar-refractivity contribution in [1.82, 2.24) is 4.98 Å². The summed E-state index contributed by atoms with van der Waals surface area (Å²) in [7, 11) is 1.45. The number of ether oxygens (including phenoxy) is 2. The normalized spacial score (nSPS) is 10.4. The van der Waals surface area contributed by atoms with Gasteiger partial charge >= 0.3 is 6.09 Å². The maximum absolute atomic E-state index is 11.7. The molecule has 3 aromatic rings. The molecule has 2 amide bonds. The number of aryl methyl sites for hydroxylation is 1. The van der Waals surface area contributed by atoms with Gasteiger partial charge in [-0.1, -0.05) is 0 Å².